The van der Waals surface area contributed by atoms with Gasteiger partial charge in [0.05, 0.1) is 28.1 Å². The van der Waals surface area contributed by atoms with E-state index in [1.54, 1.807) is 6.20 Å². The fourth-order valence-electron chi connectivity index (χ4n) is 4.48. The van der Waals surface area contributed by atoms with E-state index in [1.165, 1.54) is 5.56 Å². The van der Waals surface area contributed by atoms with E-state index in [-0.39, 0.29) is 5.88 Å². The van der Waals surface area contributed by atoms with Crippen LogP contribution in [0.2, 0.25) is 0 Å². The molecule has 37 heavy (non-hydrogen) atoms. The summed E-state index contributed by atoms with van der Waals surface area (Å²) in [7, 11) is 3.60. The Balaban J connectivity index is 1.57. The molecule has 0 aliphatic carbocycles. The van der Waals surface area contributed by atoms with E-state index in [4.69, 9.17) is 14.3 Å². The van der Waals surface area contributed by atoms with E-state index in [0.717, 1.165) is 28.6 Å². The monoisotopic (exact) mass is 496 g/mol. The van der Waals surface area contributed by atoms with Crippen LogP contribution in [0.15, 0.2) is 71.9 Å². The SMILES string of the molecule is CN(C)Cc1ccc(N=C(c2ccccn2)c2c(O)[nH]c3cc(B4OC(C)(C)C(C)(C)O4)ccc23)cc1. The predicted octanol–water partition coefficient (Wildman–Crippen LogP) is 4.80. The molecule has 1 fully saturated rings. The fraction of sp³-hybridized carbons (Fsp3) is 0.310. The van der Waals surface area contributed by atoms with E-state index in [0.29, 0.717) is 17.0 Å². The van der Waals surface area contributed by atoms with Crippen LogP contribution < -0.4 is 5.46 Å². The van der Waals surface area contributed by atoms with Crippen molar-refractivity contribution < 1.29 is 14.4 Å². The maximum atomic E-state index is 11.1. The van der Waals surface area contributed by atoms with Crippen molar-refractivity contribution in [2.75, 3.05) is 14.1 Å². The molecule has 2 aromatic heterocycles. The Kier molecular flexibility index (Phi) is 6.44. The third-order valence-electron chi connectivity index (χ3n) is 7.15. The van der Waals surface area contributed by atoms with Gasteiger partial charge in [-0.25, -0.2) is 4.99 Å². The van der Waals surface area contributed by atoms with Crippen LogP contribution in [0.4, 0.5) is 5.69 Å². The summed E-state index contributed by atoms with van der Waals surface area (Å²) in [5.41, 5.74) is 4.63. The molecular formula is C29H33BN4O3. The molecule has 0 amide bonds. The summed E-state index contributed by atoms with van der Waals surface area (Å²) in [6.07, 6.45) is 1.73. The highest BCUT2D eigenvalue weighted by molar-refractivity contribution is 6.62. The number of aliphatic imine (C=N–C) groups is 1. The number of rotatable bonds is 6. The number of nitrogens with one attached hydrogen (secondary N) is 1. The number of aromatic nitrogens is 2. The van der Waals surface area contributed by atoms with Gasteiger partial charge in [-0.3, -0.25) is 4.98 Å². The topological polar surface area (TPSA) is 83.0 Å². The average molecular weight is 496 g/mol. The van der Waals surface area contributed by atoms with Crippen LogP contribution in [0.5, 0.6) is 5.88 Å². The van der Waals surface area contributed by atoms with Crippen molar-refractivity contribution >= 4 is 34.9 Å². The zero-order valence-electron chi connectivity index (χ0n) is 22.2. The third kappa shape index (κ3) is 4.92. The minimum Gasteiger partial charge on any atom is -0.494 e. The maximum Gasteiger partial charge on any atom is 0.494 e. The van der Waals surface area contributed by atoms with Gasteiger partial charge in [-0.05, 0) is 83.1 Å². The summed E-state index contributed by atoms with van der Waals surface area (Å²) in [6.45, 7) is 8.99. The van der Waals surface area contributed by atoms with Crippen LogP contribution in [-0.4, -0.2) is 58.1 Å². The van der Waals surface area contributed by atoms with E-state index in [9.17, 15) is 5.11 Å². The molecular weight excluding hydrogens is 463 g/mol. The second-order valence-electron chi connectivity index (χ2n) is 10.8. The molecule has 0 saturated carbocycles. The van der Waals surface area contributed by atoms with Crippen molar-refractivity contribution in [2.24, 2.45) is 4.99 Å². The number of benzene rings is 2. The number of hydrogen-bond acceptors (Lipinski definition) is 6. The lowest BCUT2D eigenvalue weighted by atomic mass is 9.78. The molecule has 5 rings (SSSR count). The summed E-state index contributed by atoms with van der Waals surface area (Å²) >= 11 is 0. The lowest BCUT2D eigenvalue weighted by molar-refractivity contribution is 0.00578. The Morgan fingerprint density at radius 3 is 2.32 bits per heavy atom. The van der Waals surface area contributed by atoms with Gasteiger partial charge in [0.25, 0.3) is 0 Å². The van der Waals surface area contributed by atoms with Gasteiger partial charge in [0.15, 0.2) is 5.88 Å². The highest BCUT2D eigenvalue weighted by Crippen LogP contribution is 2.37. The second-order valence-corrected chi connectivity index (χ2v) is 10.8. The Morgan fingerprint density at radius 2 is 1.70 bits per heavy atom. The molecule has 3 heterocycles. The van der Waals surface area contributed by atoms with Crippen LogP contribution >= 0.6 is 0 Å². The molecule has 1 aliphatic rings. The lowest BCUT2D eigenvalue weighted by Gasteiger charge is -2.32. The van der Waals surface area contributed by atoms with Crippen LogP contribution in [0.3, 0.4) is 0 Å². The highest BCUT2D eigenvalue weighted by Gasteiger charge is 2.51. The molecule has 0 bridgehead atoms. The molecule has 1 aliphatic heterocycles. The van der Waals surface area contributed by atoms with Crippen LogP contribution in [0.25, 0.3) is 10.9 Å². The van der Waals surface area contributed by atoms with Gasteiger partial charge in [0, 0.05) is 23.6 Å². The first-order chi connectivity index (χ1) is 17.5. The van der Waals surface area contributed by atoms with Gasteiger partial charge in [-0.15, -0.1) is 0 Å². The Morgan fingerprint density at radius 1 is 1.00 bits per heavy atom. The van der Waals surface area contributed by atoms with E-state index in [1.807, 2.05) is 90.3 Å². The van der Waals surface area contributed by atoms with Gasteiger partial charge in [-0.2, -0.15) is 0 Å². The molecule has 2 aromatic carbocycles. The van der Waals surface area contributed by atoms with Gasteiger partial charge in [0.1, 0.15) is 5.71 Å². The minimum absolute atomic E-state index is 0.0368. The average Bonchev–Trinajstić information content (AvgIpc) is 3.28. The number of H-pyrrole nitrogens is 1. The summed E-state index contributed by atoms with van der Waals surface area (Å²) < 4.78 is 12.5. The molecule has 8 heteroatoms. The number of aromatic hydroxyl groups is 1. The number of pyridine rings is 1. The standard InChI is InChI=1S/C29H33BN4O3/c1-28(2)29(3,4)37-30(36-28)20-12-15-22-24(17-20)33-27(35)25(22)26(23-9-7-8-16-31-23)32-21-13-10-19(11-14-21)18-34(5)6/h7-17,33,35H,18H2,1-6H3. The van der Waals surface area contributed by atoms with Crippen molar-refractivity contribution in [3.63, 3.8) is 0 Å². The zero-order valence-corrected chi connectivity index (χ0v) is 22.2. The first-order valence-corrected chi connectivity index (χ1v) is 12.5. The highest BCUT2D eigenvalue weighted by atomic mass is 16.7. The largest absolute Gasteiger partial charge is 0.494 e. The van der Waals surface area contributed by atoms with Gasteiger partial charge >= 0.3 is 7.12 Å². The third-order valence-corrected chi connectivity index (χ3v) is 7.15. The van der Waals surface area contributed by atoms with Crippen molar-refractivity contribution in [1.82, 2.24) is 14.9 Å². The van der Waals surface area contributed by atoms with E-state index < -0.39 is 18.3 Å². The summed E-state index contributed by atoms with van der Waals surface area (Å²) in [5, 5.41) is 11.9. The summed E-state index contributed by atoms with van der Waals surface area (Å²) in [6, 6.07) is 19.7. The quantitative estimate of drug-likeness (QED) is 0.296. The molecule has 0 radical (unpaired) electrons. The molecule has 0 atom stereocenters. The predicted molar refractivity (Wildman–Crippen MR) is 149 cm³/mol. The fourth-order valence-corrected chi connectivity index (χ4v) is 4.48. The maximum absolute atomic E-state index is 11.1. The lowest BCUT2D eigenvalue weighted by Crippen LogP contribution is -2.41. The molecule has 1 saturated heterocycles. The minimum atomic E-state index is -0.493. The summed E-state index contributed by atoms with van der Waals surface area (Å²) in [5.74, 6) is 0.0368. The van der Waals surface area contributed by atoms with Gasteiger partial charge < -0.3 is 24.3 Å². The first-order valence-electron chi connectivity index (χ1n) is 12.5. The van der Waals surface area contributed by atoms with Crippen molar-refractivity contribution in [3.05, 3.63) is 83.7 Å². The van der Waals surface area contributed by atoms with Crippen molar-refractivity contribution in [1.29, 1.82) is 0 Å². The Labute approximate surface area is 218 Å². The van der Waals surface area contributed by atoms with Gasteiger partial charge in [0.2, 0.25) is 0 Å². The van der Waals surface area contributed by atoms with Gasteiger partial charge in [-0.1, -0.05) is 30.3 Å². The number of fused-ring (bicyclic) bond motifs is 1. The number of nitrogens with zero attached hydrogens (tertiary/aromatic N) is 3. The number of aromatic amines is 1. The Hall–Kier alpha value is -3.46. The van der Waals surface area contributed by atoms with E-state index in [2.05, 4.69) is 27.0 Å². The van der Waals surface area contributed by atoms with Crippen molar-refractivity contribution in [2.45, 2.75) is 45.4 Å². The van der Waals surface area contributed by atoms with Crippen LogP contribution in [0, 0.1) is 0 Å². The zero-order chi connectivity index (χ0) is 26.4. The van der Waals surface area contributed by atoms with E-state index >= 15 is 0 Å². The summed E-state index contributed by atoms with van der Waals surface area (Å²) in [4.78, 5) is 14.8. The molecule has 190 valence electrons. The molecule has 2 N–H and O–H groups in total. The van der Waals surface area contributed by atoms with Crippen molar-refractivity contribution in [3.8, 4) is 5.88 Å². The molecule has 0 spiro atoms. The molecule has 0 unspecified atom stereocenters. The van der Waals surface area contributed by atoms with Crippen LogP contribution in [0.1, 0.15) is 44.5 Å². The van der Waals surface area contributed by atoms with Crippen LogP contribution in [-0.2, 0) is 15.9 Å². The second kappa shape index (κ2) is 9.45. The smallest absolute Gasteiger partial charge is 0.494 e. The molecule has 4 aromatic rings. The number of hydrogen-bond donors (Lipinski definition) is 2. The first kappa shape index (κ1) is 25.2. The molecule has 7 nitrogen and oxygen atoms in total. The normalized spacial score (nSPS) is 17.2. The Bertz CT molecular complexity index is 1430.